The van der Waals surface area contributed by atoms with E-state index in [0.717, 1.165) is 6.54 Å². The van der Waals surface area contributed by atoms with Gasteiger partial charge in [-0.15, -0.1) is 11.3 Å². The van der Waals surface area contributed by atoms with E-state index in [1.807, 2.05) is 0 Å². The first kappa shape index (κ1) is 9.68. The topological polar surface area (TPSA) is 53.1 Å². The van der Waals surface area contributed by atoms with Gasteiger partial charge in [-0.3, -0.25) is 10.3 Å². The van der Waals surface area contributed by atoms with E-state index in [9.17, 15) is 0 Å². The summed E-state index contributed by atoms with van der Waals surface area (Å²) in [6, 6.07) is 4.87. The first-order valence-electron chi connectivity index (χ1n) is 4.85. The van der Waals surface area contributed by atoms with Crippen LogP contribution in [0.4, 0.5) is 0 Å². The third-order valence-electron chi connectivity index (χ3n) is 2.38. The van der Waals surface area contributed by atoms with E-state index in [0.29, 0.717) is 12.6 Å². The molecule has 3 nitrogen and oxygen atoms in total. The molecule has 0 aromatic carbocycles. The van der Waals surface area contributed by atoms with Crippen LogP contribution in [0.25, 0.3) is 0 Å². The molecule has 3 N–H and O–H groups in total. The van der Waals surface area contributed by atoms with Crippen molar-refractivity contribution >= 4 is 17.2 Å². The minimum atomic E-state index is 0.272. The van der Waals surface area contributed by atoms with Gasteiger partial charge in [0.1, 0.15) is 5.84 Å². The van der Waals surface area contributed by atoms with Gasteiger partial charge in [0, 0.05) is 17.5 Å². The van der Waals surface area contributed by atoms with Crippen LogP contribution in [0.2, 0.25) is 0 Å². The SMILES string of the molecule is N=C(N)CN(Cc1cccs1)C1CC1. The van der Waals surface area contributed by atoms with Crippen LogP contribution >= 0.6 is 11.3 Å². The van der Waals surface area contributed by atoms with Crippen LogP contribution < -0.4 is 5.73 Å². The second kappa shape index (κ2) is 4.11. The van der Waals surface area contributed by atoms with Crippen molar-refractivity contribution in [1.29, 1.82) is 5.41 Å². The lowest BCUT2D eigenvalue weighted by molar-refractivity contribution is 0.294. The summed E-state index contributed by atoms with van der Waals surface area (Å²) in [7, 11) is 0. The van der Waals surface area contributed by atoms with Crippen LogP contribution in [-0.4, -0.2) is 23.3 Å². The lowest BCUT2D eigenvalue weighted by Gasteiger charge is -2.19. The molecule has 14 heavy (non-hydrogen) atoms. The molecule has 0 unspecified atom stereocenters. The highest BCUT2D eigenvalue weighted by Crippen LogP contribution is 2.28. The zero-order valence-corrected chi connectivity index (χ0v) is 8.89. The number of nitrogens with zero attached hydrogens (tertiary/aromatic N) is 1. The Hall–Kier alpha value is -0.870. The summed E-state index contributed by atoms with van der Waals surface area (Å²) >= 11 is 1.77. The lowest BCUT2D eigenvalue weighted by Crippen LogP contribution is -2.34. The van der Waals surface area contributed by atoms with Crippen LogP contribution in [0.5, 0.6) is 0 Å². The van der Waals surface area contributed by atoms with Gasteiger partial charge in [0.15, 0.2) is 0 Å². The number of thiophene rings is 1. The minimum Gasteiger partial charge on any atom is -0.387 e. The van der Waals surface area contributed by atoms with Crippen LogP contribution in [0.1, 0.15) is 17.7 Å². The quantitative estimate of drug-likeness (QED) is 0.572. The molecule has 1 saturated carbocycles. The van der Waals surface area contributed by atoms with Crippen molar-refractivity contribution in [3.8, 4) is 0 Å². The van der Waals surface area contributed by atoms with Gasteiger partial charge in [-0.1, -0.05) is 6.07 Å². The maximum atomic E-state index is 7.31. The van der Waals surface area contributed by atoms with E-state index in [-0.39, 0.29) is 5.84 Å². The van der Waals surface area contributed by atoms with Gasteiger partial charge >= 0.3 is 0 Å². The Balaban J connectivity index is 1.93. The van der Waals surface area contributed by atoms with E-state index in [4.69, 9.17) is 11.1 Å². The van der Waals surface area contributed by atoms with Gasteiger partial charge in [0.2, 0.25) is 0 Å². The molecule has 4 heteroatoms. The molecule has 0 bridgehead atoms. The molecule has 0 spiro atoms. The average molecular weight is 209 g/mol. The summed E-state index contributed by atoms with van der Waals surface area (Å²) < 4.78 is 0. The van der Waals surface area contributed by atoms with Crippen molar-refractivity contribution in [2.45, 2.75) is 25.4 Å². The first-order valence-corrected chi connectivity index (χ1v) is 5.73. The molecule has 0 saturated heterocycles. The number of rotatable bonds is 5. The van der Waals surface area contributed by atoms with Crippen LogP contribution in [0.3, 0.4) is 0 Å². The van der Waals surface area contributed by atoms with Crippen LogP contribution in [-0.2, 0) is 6.54 Å². The molecule has 1 heterocycles. The van der Waals surface area contributed by atoms with E-state index in [1.54, 1.807) is 11.3 Å². The Morgan fingerprint density at radius 1 is 1.64 bits per heavy atom. The smallest absolute Gasteiger partial charge is 0.105 e. The summed E-state index contributed by atoms with van der Waals surface area (Å²) in [4.78, 5) is 3.66. The maximum absolute atomic E-state index is 7.31. The molecule has 0 amide bonds. The molecular weight excluding hydrogens is 194 g/mol. The molecule has 1 fully saturated rings. The number of hydrogen-bond donors (Lipinski definition) is 2. The Morgan fingerprint density at radius 3 is 2.93 bits per heavy atom. The second-order valence-electron chi connectivity index (χ2n) is 3.74. The summed E-state index contributed by atoms with van der Waals surface area (Å²) in [6.07, 6.45) is 2.53. The van der Waals surface area contributed by atoms with Gasteiger partial charge < -0.3 is 5.73 Å². The Kier molecular flexibility index (Phi) is 2.84. The van der Waals surface area contributed by atoms with Gasteiger partial charge in [-0.05, 0) is 24.3 Å². The highest BCUT2D eigenvalue weighted by molar-refractivity contribution is 7.09. The third kappa shape index (κ3) is 2.56. The zero-order chi connectivity index (χ0) is 9.97. The van der Waals surface area contributed by atoms with E-state index in [1.165, 1.54) is 17.7 Å². The summed E-state index contributed by atoms with van der Waals surface area (Å²) in [5.41, 5.74) is 5.43. The number of nitrogens with one attached hydrogen (secondary N) is 1. The van der Waals surface area contributed by atoms with Gasteiger partial charge in [0.05, 0.1) is 6.54 Å². The van der Waals surface area contributed by atoms with E-state index in [2.05, 4.69) is 22.4 Å². The Labute approximate surface area is 88.0 Å². The van der Waals surface area contributed by atoms with Crippen molar-refractivity contribution < 1.29 is 0 Å². The molecule has 76 valence electrons. The molecule has 1 aromatic rings. The predicted octanol–water partition coefficient (Wildman–Crippen LogP) is 1.65. The van der Waals surface area contributed by atoms with E-state index >= 15 is 0 Å². The zero-order valence-electron chi connectivity index (χ0n) is 8.07. The van der Waals surface area contributed by atoms with Gasteiger partial charge in [0.25, 0.3) is 0 Å². The molecule has 0 aliphatic heterocycles. The predicted molar refractivity (Wildman–Crippen MR) is 59.7 cm³/mol. The van der Waals surface area contributed by atoms with Crippen molar-refractivity contribution in [2.75, 3.05) is 6.54 Å². The molecule has 0 radical (unpaired) electrons. The fraction of sp³-hybridized carbons (Fsp3) is 0.500. The lowest BCUT2D eigenvalue weighted by atomic mass is 10.4. The summed E-state index contributed by atoms with van der Waals surface area (Å²) in [5, 5.41) is 9.41. The number of amidine groups is 1. The third-order valence-corrected chi connectivity index (χ3v) is 3.24. The molecule has 0 atom stereocenters. The number of hydrogen-bond acceptors (Lipinski definition) is 3. The Bertz CT molecular complexity index is 303. The van der Waals surface area contributed by atoms with Crippen molar-refractivity contribution in [2.24, 2.45) is 5.73 Å². The van der Waals surface area contributed by atoms with Crippen LogP contribution in [0.15, 0.2) is 17.5 Å². The second-order valence-corrected chi connectivity index (χ2v) is 4.77. The summed E-state index contributed by atoms with van der Waals surface area (Å²) in [5.74, 6) is 0.272. The standard InChI is InChI=1S/C10H15N3S/c11-10(12)7-13(8-3-4-8)6-9-2-1-5-14-9/h1-2,5,8H,3-4,6-7H2,(H3,11,12). The molecular formula is C10H15N3S. The van der Waals surface area contributed by atoms with E-state index < -0.39 is 0 Å². The van der Waals surface area contributed by atoms with Crippen molar-refractivity contribution in [1.82, 2.24) is 4.90 Å². The van der Waals surface area contributed by atoms with Crippen LogP contribution in [0, 0.1) is 5.41 Å². The largest absolute Gasteiger partial charge is 0.387 e. The van der Waals surface area contributed by atoms with Gasteiger partial charge in [-0.2, -0.15) is 0 Å². The fourth-order valence-corrected chi connectivity index (χ4v) is 2.30. The number of nitrogens with two attached hydrogens (primary N) is 1. The van der Waals surface area contributed by atoms with Gasteiger partial charge in [-0.25, -0.2) is 0 Å². The monoisotopic (exact) mass is 209 g/mol. The highest BCUT2D eigenvalue weighted by Gasteiger charge is 2.29. The Morgan fingerprint density at radius 2 is 2.43 bits per heavy atom. The highest BCUT2D eigenvalue weighted by atomic mass is 32.1. The van der Waals surface area contributed by atoms with Crippen molar-refractivity contribution in [3.63, 3.8) is 0 Å². The fourth-order valence-electron chi connectivity index (χ4n) is 1.58. The molecule has 1 aliphatic rings. The molecule has 1 aromatic heterocycles. The molecule has 2 rings (SSSR count). The average Bonchev–Trinajstić information content (AvgIpc) is 2.85. The first-order chi connectivity index (χ1) is 6.75. The molecule has 1 aliphatic carbocycles. The normalized spacial score (nSPS) is 16.1. The van der Waals surface area contributed by atoms with Crippen molar-refractivity contribution in [3.05, 3.63) is 22.4 Å². The minimum absolute atomic E-state index is 0.272. The summed E-state index contributed by atoms with van der Waals surface area (Å²) in [6.45, 7) is 1.56. The maximum Gasteiger partial charge on any atom is 0.105 e.